The molecule has 0 unspecified atom stereocenters. The van der Waals surface area contributed by atoms with E-state index in [0.717, 1.165) is 18.7 Å². The van der Waals surface area contributed by atoms with Crippen LogP contribution in [0.15, 0.2) is 4.52 Å². The first-order chi connectivity index (χ1) is 7.65. The summed E-state index contributed by atoms with van der Waals surface area (Å²) >= 11 is 0. The lowest BCUT2D eigenvalue weighted by Crippen LogP contribution is -2.35. The third-order valence-corrected chi connectivity index (χ3v) is 3.10. The molecular formula is C11H17N3O2. The van der Waals surface area contributed by atoms with E-state index in [1.54, 1.807) is 6.92 Å². The van der Waals surface area contributed by atoms with Crippen molar-refractivity contribution in [2.45, 2.75) is 45.2 Å². The fraction of sp³-hybridized carbons (Fsp3) is 0.727. The molecular weight excluding hydrogens is 206 g/mol. The number of nitrogens with zero attached hydrogens (tertiary/aromatic N) is 3. The van der Waals surface area contributed by atoms with Crippen molar-refractivity contribution in [1.29, 1.82) is 0 Å². The Hall–Kier alpha value is -1.23. The van der Waals surface area contributed by atoms with E-state index in [-0.39, 0.29) is 0 Å². The van der Waals surface area contributed by atoms with E-state index in [0.29, 0.717) is 37.1 Å². The van der Waals surface area contributed by atoms with Gasteiger partial charge < -0.3 is 4.52 Å². The van der Waals surface area contributed by atoms with Crippen LogP contribution in [0.3, 0.4) is 0 Å². The van der Waals surface area contributed by atoms with Crippen LogP contribution in [0.2, 0.25) is 0 Å². The fourth-order valence-electron chi connectivity index (χ4n) is 2.12. The van der Waals surface area contributed by atoms with Gasteiger partial charge in [-0.15, -0.1) is 0 Å². The normalized spacial score (nSPS) is 18.3. The minimum Gasteiger partial charge on any atom is -0.340 e. The van der Waals surface area contributed by atoms with E-state index in [2.05, 4.69) is 15.0 Å². The maximum atomic E-state index is 11.1. The molecule has 2 rings (SSSR count). The zero-order chi connectivity index (χ0) is 11.5. The summed E-state index contributed by atoms with van der Waals surface area (Å²) in [6.07, 6.45) is 3.32. The van der Waals surface area contributed by atoms with Crippen molar-refractivity contribution in [2.24, 2.45) is 0 Å². The Morgan fingerprint density at radius 2 is 2.12 bits per heavy atom. The number of carbonyl (C=O) groups is 1. The van der Waals surface area contributed by atoms with E-state index in [1.165, 1.54) is 0 Å². The summed E-state index contributed by atoms with van der Waals surface area (Å²) in [4.78, 5) is 17.5. The smallest absolute Gasteiger partial charge is 0.223 e. The lowest BCUT2D eigenvalue weighted by Gasteiger charge is -2.29. The van der Waals surface area contributed by atoms with Crippen LogP contribution in [0.1, 0.15) is 37.4 Å². The Balaban J connectivity index is 1.88. The third-order valence-electron chi connectivity index (χ3n) is 3.10. The lowest BCUT2D eigenvalue weighted by atomic mass is 9.93. The Morgan fingerprint density at radius 3 is 2.69 bits per heavy atom. The number of carbonyl (C=O) groups excluding carboxylic acids is 1. The second-order valence-corrected chi connectivity index (χ2v) is 4.41. The number of hydrogen-bond donors (Lipinski definition) is 0. The molecule has 1 aliphatic rings. The fourth-order valence-corrected chi connectivity index (χ4v) is 2.12. The monoisotopic (exact) mass is 223 g/mol. The summed E-state index contributed by atoms with van der Waals surface area (Å²) in [7, 11) is 2.05. The Bertz CT molecular complexity index is 365. The molecule has 88 valence electrons. The molecule has 0 bridgehead atoms. The van der Waals surface area contributed by atoms with Gasteiger partial charge in [0, 0.05) is 25.8 Å². The number of hydrogen-bond acceptors (Lipinski definition) is 5. The van der Waals surface area contributed by atoms with Gasteiger partial charge in [0.1, 0.15) is 5.78 Å². The van der Waals surface area contributed by atoms with Crippen LogP contribution in [0.5, 0.6) is 0 Å². The summed E-state index contributed by atoms with van der Waals surface area (Å²) < 4.78 is 4.93. The van der Waals surface area contributed by atoms with E-state index in [4.69, 9.17) is 4.52 Å². The Labute approximate surface area is 94.8 Å². The van der Waals surface area contributed by atoms with Gasteiger partial charge in [0.25, 0.3) is 0 Å². The highest BCUT2D eigenvalue weighted by Crippen LogP contribution is 2.20. The number of ketones is 1. The summed E-state index contributed by atoms with van der Waals surface area (Å²) in [5.41, 5.74) is 0. The van der Waals surface area contributed by atoms with E-state index >= 15 is 0 Å². The van der Waals surface area contributed by atoms with Gasteiger partial charge in [-0.05, 0) is 19.9 Å². The Kier molecular flexibility index (Phi) is 3.33. The highest BCUT2D eigenvalue weighted by molar-refractivity contribution is 5.79. The maximum Gasteiger partial charge on any atom is 0.223 e. The van der Waals surface area contributed by atoms with Gasteiger partial charge in [0.15, 0.2) is 5.82 Å². The molecule has 0 amide bonds. The van der Waals surface area contributed by atoms with Crippen molar-refractivity contribution in [3.63, 3.8) is 0 Å². The molecule has 0 N–H and O–H groups in total. The van der Waals surface area contributed by atoms with Crippen molar-refractivity contribution in [2.75, 3.05) is 7.05 Å². The van der Waals surface area contributed by atoms with Crippen LogP contribution in [0.25, 0.3) is 0 Å². The van der Waals surface area contributed by atoms with Gasteiger partial charge in [-0.2, -0.15) is 4.98 Å². The maximum absolute atomic E-state index is 11.1. The molecule has 1 saturated carbocycles. The highest BCUT2D eigenvalue weighted by Gasteiger charge is 2.22. The van der Waals surface area contributed by atoms with Crippen LogP contribution in [0, 0.1) is 6.92 Å². The molecule has 5 nitrogen and oxygen atoms in total. The molecule has 0 aliphatic heterocycles. The SMILES string of the molecule is Cc1nc(CN(C)C2CCC(=O)CC2)no1. The van der Waals surface area contributed by atoms with Gasteiger partial charge in [-0.3, -0.25) is 9.69 Å². The molecule has 1 aromatic rings. The van der Waals surface area contributed by atoms with Gasteiger partial charge >= 0.3 is 0 Å². The lowest BCUT2D eigenvalue weighted by molar-refractivity contribution is -0.121. The molecule has 1 fully saturated rings. The molecule has 1 heterocycles. The molecule has 1 aliphatic carbocycles. The third kappa shape index (κ3) is 2.66. The van der Waals surface area contributed by atoms with Crippen LogP contribution in [-0.4, -0.2) is 33.9 Å². The largest absolute Gasteiger partial charge is 0.340 e. The highest BCUT2D eigenvalue weighted by atomic mass is 16.5. The van der Waals surface area contributed by atoms with Crippen molar-refractivity contribution in [3.05, 3.63) is 11.7 Å². The summed E-state index contributed by atoms with van der Waals surface area (Å²) in [6.45, 7) is 2.48. The molecule has 1 aromatic heterocycles. The van der Waals surface area contributed by atoms with Crippen molar-refractivity contribution >= 4 is 5.78 Å². The molecule has 16 heavy (non-hydrogen) atoms. The van der Waals surface area contributed by atoms with E-state index in [1.807, 2.05) is 7.05 Å². The van der Waals surface area contributed by atoms with Gasteiger partial charge in [-0.1, -0.05) is 5.16 Å². The second kappa shape index (κ2) is 4.74. The Morgan fingerprint density at radius 1 is 1.44 bits per heavy atom. The first-order valence-corrected chi connectivity index (χ1v) is 5.66. The number of rotatable bonds is 3. The molecule has 0 saturated heterocycles. The predicted octanol–water partition coefficient (Wildman–Crippen LogP) is 1.32. The number of aromatic nitrogens is 2. The summed E-state index contributed by atoms with van der Waals surface area (Å²) in [5.74, 6) is 1.71. The predicted molar refractivity (Wildman–Crippen MR) is 57.8 cm³/mol. The van der Waals surface area contributed by atoms with Gasteiger partial charge in [-0.25, -0.2) is 0 Å². The average molecular weight is 223 g/mol. The van der Waals surface area contributed by atoms with E-state index in [9.17, 15) is 4.79 Å². The quantitative estimate of drug-likeness (QED) is 0.773. The first-order valence-electron chi connectivity index (χ1n) is 5.66. The van der Waals surface area contributed by atoms with Gasteiger partial charge in [0.05, 0.1) is 6.54 Å². The minimum absolute atomic E-state index is 0.389. The van der Waals surface area contributed by atoms with Crippen LogP contribution >= 0.6 is 0 Å². The zero-order valence-corrected chi connectivity index (χ0v) is 9.77. The zero-order valence-electron chi connectivity index (χ0n) is 9.77. The van der Waals surface area contributed by atoms with Gasteiger partial charge in [0.2, 0.25) is 5.89 Å². The van der Waals surface area contributed by atoms with Crippen LogP contribution in [-0.2, 0) is 11.3 Å². The number of Topliss-reactive ketones (excluding diaryl/α,β-unsaturated/α-hetero) is 1. The first kappa shape index (κ1) is 11.3. The van der Waals surface area contributed by atoms with Crippen molar-refractivity contribution < 1.29 is 9.32 Å². The number of aryl methyl sites for hydroxylation is 1. The average Bonchev–Trinajstić information content (AvgIpc) is 2.65. The molecule has 0 spiro atoms. The molecule has 5 heteroatoms. The van der Waals surface area contributed by atoms with Crippen LogP contribution < -0.4 is 0 Å². The molecule has 0 radical (unpaired) electrons. The molecule has 0 atom stereocenters. The van der Waals surface area contributed by atoms with Crippen molar-refractivity contribution in [1.82, 2.24) is 15.0 Å². The topological polar surface area (TPSA) is 59.2 Å². The van der Waals surface area contributed by atoms with Crippen LogP contribution in [0.4, 0.5) is 0 Å². The second-order valence-electron chi connectivity index (χ2n) is 4.41. The minimum atomic E-state index is 0.389. The summed E-state index contributed by atoms with van der Waals surface area (Å²) in [6, 6.07) is 0.469. The molecule has 0 aromatic carbocycles. The van der Waals surface area contributed by atoms with Crippen molar-refractivity contribution in [3.8, 4) is 0 Å². The standard InChI is InChI=1S/C11H17N3O2/c1-8-12-11(13-16-8)7-14(2)9-3-5-10(15)6-4-9/h9H,3-7H2,1-2H3. The van der Waals surface area contributed by atoms with E-state index < -0.39 is 0 Å². The summed E-state index contributed by atoms with van der Waals surface area (Å²) in [5, 5.41) is 3.87.